The van der Waals surface area contributed by atoms with Gasteiger partial charge in [-0.25, -0.2) is 8.42 Å². The van der Waals surface area contributed by atoms with E-state index in [4.69, 9.17) is 9.47 Å². The number of amides is 1. The zero-order valence-corrected chi connectivity index (χ0v) is 18.0. The summed E-state index contributed by atoms with van der Waals surface area (Å²) in [5, 5.41) is 2.91. The molecule has 2 aromatic carbocycles. The van der Waals surface area contributed by atoms with Crippen molar-refractivity contribution >= 4 is 15.9 Å². The molecule has 0 aromatic heterocycles. The Kier molecular flexibility index (Phi) is 7.84. The molecule has 30 heavy (non-hydrogen) atoms. The first-order valence-corrected chi connectivity index (χ1v) is 11.6. The van der Waals surface area contributed by atoms with Crippen LogP contribution >= 0.6 is 0 Å². The molecule has 2 aromatic rings. The normalized spacial score (nSPS) is 15.0. The summed E-state index contributed by atoms with van der Waals surface area (Å²) < 4.78 is 36.8. The molecule has 7 nitrogen and oxygen atoms in total. The number of nitrogens with one attached hydrogen (secondary N) is 1. The van der Waals surface area contributed by atoms with Gasteiger partial charge in [-0.3, -0.25) is 4.79 Å². The fourth-order valence-electron chi connectivity index (χ4n) is 3.27. The molecule has 0 spiro atoms. The largest absolute Gasteiger partial charge is 0.497 e. The molecule has 1 saturated heterocycles. The van der Waals surface area contributed by atoms with Gasteiger partial charge < -0.3 is 14.8 Å². The van der Waals surface area contributed by atoms with Crippen LogP contribution in [0.1, 0.15) is 27.9 Å². The standard InChI is InChI=1S/C22H28N2O5S/c1-28-21-10-6-18(7-11-21)3-2-12-23-22(25)20-8-4-19(5-9-20)17-30(26,27)24-13-15-29-16-14-24/h4-11H,2-3,12-17H2,1H3,(H,23,25). The average molecular weight is 433 g/mol. The number of morpholine rings is 1. The summed E-state index contributed by atoms with van der Waals surface area (Å²) in [7, 11) is -1.73. The van der Waals surface area contributed by atoms with Crippen LogP contribution in [-0.4, -0.2) is 58.6 Å². The van der Waals surface area contributed by atoms with Crippen LogP contribution in [0.4, 0.5) is 0 Å². The first-order valence-electron chi connectivity index (χ1n) is 10.0. The number of carbonyl (C=O) groups is 1. The SMILES string of the molecule is COc1ccc(CCCNC(=O)c2ccc(CS(=O)(=O)N3CCOCC3)cc2)cc1. The third kappa shape index (κ3) is 6.29. The second kappa shape index (κ2) is 10.6. The van der Waals surface area contributed by atoms with E-state index in [9.17, 15) is 13.2 Å². The number of benzene rings is 2. The van der Waals surface area contributed by atoms with Gasteiger partial charge in [0.1, 0.15) is 5.75 Å². The van der Waals surface area contributed by atoms with Crippen LogP contribution in [0, 0.1) is 0 Å². The minimum Gasteiger partial charge on any atom is -0.497 e. The van der Waals surface area contributed by atoms with Gasteiger partial charge in [0.25, 0.3) is 5.91 Å². The molecule has 1 fully saturated rings. The summed E-state index contributed by atoms with van der Waals surface area (Å²) in [6, 6.07) is 14.6. The molecule has 0 unspecified atom stereocenters. The lowest BCUT2D eigenvalue weighted by Gasteiger charge is -2.26. The van der Waals surface area contributed by atoms with Gasteiger partial charge in [-0.2, -0.15) is 4.31 Å². The van der Waals surface area contributed by atoms with Crippen molar-refractivity contribution < 1.29 is 22.7 Å². The molecule has 8 heteroatoms. The van der Waals surface area contributed by atoms with Crippen LogP contribution in [0.25, 0.3) is 0 Å². The molecular formula is C22H28N2O5S. The van der Waals surface area contributed by atoms with Gasteiger partial charge in [0.05, 0.1) is 26.1 Å². The first-order chi connectivity index (χ1) is 14.5. The molecule has 162 valence electrons. The Balaban J connectivity index is 1.45. The van der Waals surface area contributed by atoms with E-state index in [2.05, 4.69) is 5.32 Å². The van der Waals surface area contributed by atoms with Crippen LogP contribution in [0.5, 0.6) is 5.75 Å². The molecular weight excluding hydrogens is 404 g/mol. The molecule has 1 heterocycles. The minimum absolute atomic E-state index is 0.0727. The van der Waals surface area contributed by atoms with Gasteiger partial charge >= 0.3 is 0 Å². The molecule has 0 atom stereocenters. The predicted octanol–water partition coefficient (Wildman–Crippen LogP) is 2.22. The Labute approximate surface area is 178 Å². The number of sulfonamides is 1. The Morgan fingerprint density at radius 3 is 2.30 bits per heavy atom. The zero-order chi connectivity index (χ0) is 21.4. The molecule has 0 radical (unpaired) electrons. The molecule has 0 aliphatic carbocycles. The molecule has 1 aliphatic heterocycles. The van der Waals surface area contributed by atoms with E-state index in [0.717, 1.165) is 18.6 Å². The Morgan fingerprint density at radius 1 is 1.03 bits per heavy atom. The number of methoxy groups -OCH3 is 1. The topological polar surface area (TPSA) is 84.9 Å². The maximum atomic E-state index is 12.5. The fraction of sp³-hybridized carbons (Fsp3) is 0.409. The highest BCUT2D eigenvalue weighted by molar-refractivity contribution is 7.88. The van der Waals surface area contributed by atoms with Gasteiger partial charge in [-0.05, 0) is 48.2 Å². The highest BCUT2D eigenvalue weighted by Gasteiger charge is 2.24. The van der Waals surface area contributed by atoms with Crippen molar-refractivity contribution in [2.24, 2.45) is 0 Å². The van der Waals surface area contributed by atoms with Crippen LogP contribution in [0.3, 0.4) is 0 Å². The summed E-state index contributed by atoms with van der Waals surface area (Å²) in [4.78, 5) is 12.3. The van der Waals surface area contributed by atoms with E-state index in [0.29, 0.717) is 44.0 Å². The lowest BCUT2D eigenvalue weighted by molar-refractivity contribution is 0.0729. The first kappa shape index (κ1) is 22.3. The van der Waals surface area contributed by atoms with Crippen molar-refractivity contribution in [1.29, 1.82) is 0 Å². The van der Waals surface area contributed by atoms with Crippen molar-refractivity contribution in [3.8, 4) is 5.75 Å². The van der Waals surface area contributed by atoms with E-state index < -0.39 is 10.0 Å². The van der Waals surface area contributed by atoms with Crippen molar-refractivity contribution in [1.82, 2.24) is 9.62 Å². The number of aryl methyl sites for hydroxylation is 1. The van der Waals surface area contributed by atoms with Gasteiger partial charge in [0, 0.05) is 25.2 Å². The van der Waals surface area contributed by atoms with E-state index in [1.807, 2.05) is 24.3 Å². The summed E-state index contributed by atoms with van der Waals surface area (Å²) in [5.74, 6) is 0.595. The van der Waals surface area contributed by atoms with Crippen molar-refractivity contribution in [2.45, 2.75) is 18.6 Å². The third-order valence-corrected chi connectivity index (χ3v) is 6.87. The molecule has 0 bridgehead atoms. The third-order valence-electron chi connectivity index (χ3n) is 5.02. The van der Waals surface area contributed by atoms with E-state index >= 15 is 0 Å². The minimum atomic E-state index is -3.37. The fourth-order valence-corrected chi connectivity index (χ4v) is 4.77. The summed E-state index contributed by atoms with van der Waals surface area (Å²) >= 11 is 0. The number of nitrogens with zero attached hydrogens (tertiary/aromatic N) is 1. The lowest BCUT2D eigenvalue weighted by atomic mass is 10.1. The number of hydrogen-bond donors (Lipinski definition) is 1. The predicted molar refractivity (Wildman–Crippen MR) is 115 cm³/mol. The second-order valence-electron chi connectivity index (χ2n) is 7.17. The van der Waals surface area contributed by atoms with Gasteiger partial charge in [-0.1, -0.05) is 24.3 Å². The van der Waals surface area contributed by atoms with E-state index in [1.165, 1.54) is 9.87 Å². The number of ether oxygens (including phenoxy) is 2. The Hall–Kier alpha value is -2.42. The van der Waals surface area contributed by atoms with Crippen molar-refractivity contribution in [2.75, 3.05) is 40.0 Å². The summed E-state index contributed by atoms with van der Waals surface area (Å²) in [6.45, 7) is 2.20. The highest BCUT2D eigenvalue weighted by Crippen LogP contribution is 2.14. The number of carbonyl (C=O) groups excluding carboxylic acids is 1. The molecule has 0 saturated carbocycles. The lowest BCUT2D eigenvalue weighted by Crippen LogP contribution is -2.41. The number of rotatable bonds is 9. The van der Waals surface area contributed by atoms with E-state index in [1.54, 1.807) is 31.4 Å². The summed E-state index contributed by atoms with van der Waals surface area (Å²) in [5.41, 5.74) is 2.38. The van der Waals surface area contributed by atoms with Gasteiger partial charge in [-0.15, -0.1) is 0 Å². The summed E-state index contributed by atoms with van der Waals surface area (Å²) in [6.07, 6.45) is 1.69. The Bertz CT molecular complexity index is 921. The van der Waals surface area contributed by atoms with Crippen molar-refractivity contribution in [3.63, 3.8) is 0 Å². The van der Waals surface area contributed by atoms with Gasteiger partial charge in [0.2, 0.25) is 10.0 Å². The maximum Gasteiger partial charge on any atom is 0.251 e. The quantitative estimate of drug-likeness (QED) is 0.614. The zero-order valence-electron chi connectivity index (χ0n) is 17.2. The monoisotopic (exact) mass is 432 g/mol. The van der Waals surface area contributed by atoms with Crippen LogP contribution in [0.15, 0.2) is 48.5 Å². The highest BCUT2D eigenvalue weighted by atomic mass is 32.2. The second-order valence-corrected chi connectivity index (χ2v) is 9.14. The average Bonchev–Trinajstić information content (AvgIpc) is 2.78. The smallest absolute Gasteiger partial charge is 0.251 e. The van der Waals surface area contributed by atoms with E-state index in [-0.39, 0.29) is 11.7 Å². The van der Waals surface area contributed by atoms with Crippen LogP contribution < -0.4 is 10.1 Å². The number of hydrogen-bond acceptors (Lipinski definition) is 5. The van der Waals surface area contributed by atoms with Crippen LogP contribution in [-0.2, 0) is 26.9 Å². The Morgan fingerprint density at radius 2 is 1.67 bits per heavy atom. The van der Waals surface area contributed by atoms with Crippen molar-refractivity contribution in [3.05, 3.63) is 65.2 Å². The molecule has 1 aliphatic rings. The molecule has 1 amide bonds. The van der Waals surface area contributed by atoms with Crippen LogP contribution in [0.2, 0.25) is 0 Å². The maximum absolute atomic E-state index is 12.5. The molecule has 3 rings (SSSR count). The van der Waals surface area contributed by atoms with Gasteiger partial charge in [0.15, 0.2) is 0 Å². The molecule has 1 N–H and O–H groups in total.